The Morgan fingerprint density at radius 3 is 2.80 bits per heavy atom. The minimum absolute atomic E-state index is 0.370. The van der Waals surface area contributed by atoms with E-state index in [-0.39, 0.29) is 0 Å². The molecule has 1 N–H and O–H groups in total. The van der Waals surface area contributed by atoms with Gasteiger partial charge < -0.3 is 15.0 Å². The first-order valence-corrected chi connectivity index (χ1v) is 7.67. The Bertz CT molecular complexity index is 423. The monoisotopic (exact) mass is 275 g/mol. The van der Waals surface area contributed by atoms with E-state index in [1.54, 1.807) is 0 Å². The third-order valence-electron chi connectivity index (χ3n) is 4.21. The average Bonchev–Trinajstić information content (AvgIpc) is 2.49. The normalized spacial score (nSPS) is 24.9. The molecule has 4 nitrogen and oxygen atoms in total. The molecule has 1 atom stereocenters. The summed E-state index contributed by atoms with van der Waals surface area (Å²) in [4.78, 5) is 5.02. The number of piperazine rings is 1. The molecule has 2 saturated heterocycles. The molecule has 2 aliphatic heterocycles. The van der Waals surface area contributed by atoms with Gasteiger partial charge in [-0.2, -0.15) is 0 Å². The number of rotatable bonds is 3. The second-order valence-electron chi connectivity index (χ2n) is 5.82. The molecule has 0 spiro atoms. The largest absolute Gasteiger partial charge is 0.374 e. The van der Waals surface area contributed by atoms with Crippen LogP contribution in [0.3, 0.4) is 0 Å². The van der Waals surface area contributed by atoms with Crippen LogP contribution in [0.25, 0.3) is 0 Å². The van der Waals surface area contributed by atoms with Crippen LogP contribution in [-0.4, -0.2) is 63.4 Å². The Kier molecular flexibility index (Phi) is 4.55. The molecule has 2 aliphatic rings. The van der Waals surface area contributed by atoms with Gasteiger partial charge in [-0.15, -0.1) is 0 Å². The first-order valence-electron chi connectivity index (χ1n) is 7.67. The van der Waals surface area contributed by atoms with Crippen molar-refractivity contribution >= 4 is 5.69 Å². The fourth-order valence-corrected chi connectivity index (χ4v) is 3.04. The second-order valence-corrected chi connectivity index (χ2v) is 5.82. The molecule has 0 amide bonds. The average molecular weight is 275 g/mol. The van der Waals surface area contributed by atoms with E-state index in [0.717, 1.165) is 52.4 Å². The van der Waals surface area contributed by atoms with E-state index in [2.05, 4.69) is 46.3 Å². The molecule has 1 aromatic rings. The van der Waals surface area contributed by atoms with Crippen LogP contribution in [0, 0.1) is 6.92 Å². The van der Waals surface area contributed by atoms with Crippen molar-refractivity contribution < 1.29 is 4.74 Å². The zero-order chi connectivity index (χ0) is 13.8. The SMILES string of the molecule is Cc1cccc(N2CCN(CC3CNCCO3)CC2)c1. The maximum atomic E-state index is 5.79. The van der Waals surface area contributed by atoms with Gasteiger partial charge in [0.15, 0.2) is 0 Å². The molecule has 0 aromatic heterocycles. The summed E-state index contributed by atoms with van der Waals surface area (Å²) in [5.41, 5.74) is 2.70. The maximum absolute atomic E-state index is 5.79. The van der Waals surface area contributed by atoms with Gasteiger partial charge in [-0.3, -0.25) is 4.90 Å². The van der Waals surface area contributed by atoms with Crippen LogP contribution in [0.5, 0.6) is 0 Å². The van der Waals surface area contributed by atoms with Gasteiger partial charge in [-0.1, -0.05) is 12.1 Å². The van der Waals surface area contributed by atoms with Crippen LogP contribution in [0.15, 0.2) is 24.3 Å². The molecule has 3 rings (SSSR count). The fraction of sp³-hybridized carbons (Fsp3) is 0.625. The van der Waals surface area contributed by atoms with E-state index >= 15 is 0 Å². The van der Waals surface area contributed by atoms with Crippen molar-refractivity contribution in [1.29, 1.82) is 0 Å². The molecule has 2 heterocycles. The number of nitrogens with zero attached hydrogens (tertiary/aromatic N) is 2. The summed E-state index contributed by atoms with van der Waals surface area (Å²) in [7, 11) is 0. The van der Waals surface area contributed by atoms with E-state index < -0.39 is 0 Å². The van der Waals surface area contributed by atoms with Gasteiger partial charge in [0.25, 0.3) is 0 Å². The lowest BCUT2D eigenvalue weighted by Gasteiger charge is -2.38. The molecule has 2 fully saturated rings. The minimum Gasteiger partial charge on any atom is -0.374 e. The van der Waals surface area contributed by atoms with Crippen molar-refractivity contribution in [2.75, 3.05) is 57.3 Å². The zero-order valence-corrected chi connectivity index (χ0v) is 12.3. The molecule has 1 unspecified atom stereocenters. The summed E-state index contributed by atoms with van der Waals surface area (Å²) < 4.78 is 5.79. The van der Waals surface area contributed by atoms with Gasteiger partial charge in [-0.05, 0) is 24.6 Å². The Morgan fingerprint density at radius 1 is 1.25 bits per heavy atom. The highest BCUT2D eigenvalue weighted by atomic mass is 16.5. The Hall–Kier alpha value is -1.10. The number of ether oxygens (including phenoxy) is 1. The minimum atomic E-state index is 0.370. The van der Waals surface area contributed by atoms with E-state index in [4.69, 9.17) is 4.74 Å². The van der Waals surface area contributed by atoms with Crippen molar-refractivity contribution in [3.8, 4) is 0 Å². The van der Waals surface area contributed by atoms with Crippen LogP contribution in [0.4, 0.5) is 5.69 Å². The number of hydrogen-bond acceptors (Lipinski definition) is 4. The van der Waals surface area contributed by atoms with Gasteiger partial charge >= 0.3 is 0 Å². The van der Waals surface area contributed by atoms with Crippen LogP contribution >= 0.6 is 0 Å². The standard InChI is InChI=1S/C16H25N3O/c1-14-3-2-4-15(11-14)19-8-6-18(7-9-19)13-16-12-17-5-10-20-16/h2-4,11,16-17H,5-10,12-13H2,1H3. The lowest BCUT2D eigenvalue weighted by molar-refractivity contribution is 0.00465. The zero-order valence-electron chi connectivity index (χ0n) is 12.3. The number of hydrogen-bond donors (Lipinski definition) is 1. The van der Waals surface area contributed by atoms with E-state index in [1.807, 2.05) is 0 Å². The van der Waals surface area contributed by atoms with Gasteiger partial charge in [0.2, 0.25) is 0 Å². The van der Waals surface area contributed by atoms with E-state index in [1.165, 1.54) is 11.3 Å². The third kappa shape index (κ3) is 3.51. The molecule has 0 radical (unpaired) electrons. The summed E-state index contributed by atoms with van der Waals surface area (Å²) in [5.74, 6) is 0. The predicted octanol–water partition coefficient (Wildman–Crippen LogP) is 1.11. The molecule has 20 heavy (non-hydrogen) atoms. The smallest absolute Gasteiger partial charge is 0.0826 e. The van der Waals surface area contributed by atoms with Gasteiger partial charge in [0.05, 0.1) is 12.7 Å². The van der Waals surface area contributed by atoms with Crippen LogP contribution in [0.1, 0.15) is 5.56 Å². The van der Waals surface area contributed by atoms with Crippen molar-refractivity contribution in [3.63, 3.8) is 0 Å². The molecule has 1 aromatic carbocycles. The molecular weight excluding hydrogens is 250 g/mol. The number of nitrogens with one attached hydrogen (secondary N) is 1. The van der Waals surface area contributed by atoms with Gasteiger partial charge in [0, 0.05) is 51.5 Å². The quantitative estimate of drug-likeness (QED) is 0.894. The van der Waals surface area contributed by atoms with Gasteiger partial charge in [-0.25, -0.2) is 0 Å². The summed E-state index contributed by atoms with van der Waals surface area (Å²) in [6, 6.07) is 8.81. The number of aryl methyl sites for hydroxylation is 1. The molecule has 0 bridgehead atoms. The molecule has 0 saturated carbocycles. The molecule has 110 valence electrons. The number of benzene rings is 1. The summed E-state index contributed by atoms with van der Waals surface area (Å²) >= 11 is 0. The summed E-state index contributed by atoms with van der Waals surface area (Å²) in [6.07, 6.45) is 0.370. The highest BCUT2D eigenvalue weighted by molar-refractivity contribution is 5.48. The Balaban J connectivity index is 1.49. The van der Waals surface area contributed by atoms with E-state index in [0.29, 0.717) is 6.10 Å². The number of anilines is 1. The van der Waals surface area contributed by atoms with Crippen molar-refractivity contribution in [2.45, 2.75) is 13.0 Å². The topological polar surface area (TPSA) is 27.7 Å². The summed E-state index contributed by atoms with van der Waals surface area (Å²) in [5, 5.41) is 3.40. The van der Waals surface area contributed by atoms with Gasteiger partial charge in [0.1, 0.15) is 0 Å². The lowest BCUT2D eigenvalue weighted by Crippen LogP contribution is -2.51. The third-order valence-corrected chi connectivity index (χ3v) is 4.21. The first-order chi connectivity index (χ1) is 9.81. The van der Waals surface area contributed by atoms with Crippen LogP contribution in [-0.2, 0) is 4.74 Å². The second kappa shape index (κ2) is 6.57. The first kappa shape index (κ1) is 13.9. The molecular formula is C16H25N3O. The van der Waals surface area contributed by atoms with Crippen molar-refractivity contribution in [3.05, 3.63) is 29.8 Å². The maximum Gasteiger partial charge on any atom is 0.0826 e. The Morgan fingerprint density at radius 2 is 2.10 bits per heavy atom. The highest BCUT2D eigenvalue weighted by Crippen LogP contribution is 2.18. The Labute approximate surface area is 121 Å². The number of morpholine rings is 1. The lowest BCUT2D eigenvalue weighted by atomic mass is 10.2. The predicted molar refractivity (Wildman–Crippen MR) is 82.4 cm³/mol. The molecule has 4 heteroatoms. The highest BCUT2D eigenvalue weighted by Gasteiger charge is 2.21. The van der Waals surface area contributed by atoms with Crippen LogP contribution < -0.4 is 10.2 Å². The molecule has 0 aliphatic carbocycles. The van der Waals surface area contributed by atoms with Crippen molar-refractivity contribution in [2.24, 2.45) is 0 Å². The van der Waals surface area contributed by atoms with E-state index in [9.17, 15) is 0 Å². The summed E-state index contributed by atoms with van der Waals surface area (Å²) in [6.45, 7) is 10.6. The van der Waals surface area contributed by atoms with Crippen molar-refractivity contribution in [1.82, 2.24) is 10.2 Å². The van der Waals surface area contributed by atoms with Crippen LogP contribution in [0.2, 0.25) is 0 Å². The fourth-order valence-electron chi connectivity index (χ4n) is 3.04.